The van der Waals surface area contributed by atoms with Crippen LogP contribution >= 0.6 is 0 Å². The first-order valence-electron chi connectivity index (χ1n) is 8.31. The number of hydrogen-bond acceptors (Lipinski definition) is 6. The zero-order valence-electron chi connectivity index (χ0n) is 15.2. The van der Waals surface area contributed by atoms with Gasteiger partial charge in [0, 0.05) is 19.6 Å². The molecule has 0 aromatic heterocycles. The summed E-state index contributed by atoms with van der Waals surface area (Å²) in [4.78, 5) is 25.4. The average Bonchev–Trinajstić information content (AvgIpc) is 2.58. The molecule has 0 aliphatic carbocycles. The molecule has 0 saturated carbocycles. The first kappa shape index (κ1) is 19.1. The van der Waals surface area contributed by atoms with Crippen molar-refractivity contribution in [2.75, 3.05) is 33.4 Å². The number of carbonyl (C=O) groups is 2. The Morgan fingerprint density at radius 3 is 2.76 bits per heavy atom. The van der Waals surface area contributed by atoms with Crippen LogP contribution < -0.4 is 10.1 Å². The Hall–Kier alpha value is -2.28. The number of hydrogen-bond donors (Lipinski definition) is 1. The van der Waals surface area contributed by atoms with E-state index in [1.54, 1.807) is 29.2 Å². The molecule has 138 valence electrons. The zero-order chi connectivity index (χ0) is 18.4. The molecule has 1 unspecified atom stereocenters. The molecule has 7 nitrogen and oxygen atoms in total. The van der Waals surface area contributed by atoms with Crippen molar-refractivity contribution in [3.05, 3.63) is 29.8 Å². The lowest BCUT2D eigenvalue weighted by Crippen LogP contribution is -2.55. The minimum Gasteiger partial charge on any atom is -0.492 e. The van der Waals surface area contributed by atoms with Crippen LogP contribution in [0.1, 0.15) is 31.1 Å². The van der Waals surface area contributed by atoms with Gasteiger partial charge in [-0.1, -0.05) is 6.07 Å². The van der Waals surface area contributed by atoms with Crippen LogP contribution in [0, 0.1) is 0 Å². The number of ether oxygens (including phenoxy) is 3. The minimum absolute atomic E-state index is 0.0111. The van der Waals surface area contributed by atoms with Gasteiger partial charge in [-0.25, -0.2) is 9.59 Å². The number of piperazine rings is 1. The largest absolute Gasteiger partial charge is 0.492 e. The molecule has 0 bridgehead atoms. The molecule has 1 aromatic carbocycles. The topological polar surface area (TPSA) is 77.1 Å². The van der Waals surface area contributed by atoms with Crippen LogP contribution in [-0.4, -0.2) is 62.0 Å². The Bertz CT molecular complexity index is 612. The molecule has 1 atom stereocenters. The number of benzene rings is 1. The molecular weight excluding hydrogens is 324 g/mol. The fraction of sp³-hybridized carbons (Fsp3) is 0.556. The second-order valence-electron chi connectivity index (χ2n) is 6.91. The van der Waals surface area contributed by atoms with Gasteiger partial charge in [0.2, 0.25) is 0 Å². The van der Waals surface area contributed by atoms with Crippen molar-refractivity contribution >= 4 is 12.1 Å². The minimum atomic E-state index is -0.512. The highest BCUT2D eigenvalue weighted by Crippen LogP contribution is 2.15. The second kappa shape index (κ2) is 8.20. The molecule has 1 aliphatic rings. The zero-order valence-corrected chi connectivity index (χ0v) is 15.2. The van der Waals surface area contributed by atoms with Gasteiger partial charge in [0.05, 0.1) is 18.7 Å². The summed E-state index contributed by atoms with van der Waals surface area (Å²) in [5, 5.41) is 3.32. The van der Waals surface area contributed by atoms with Crippen molar-refractivity contribution in [3.63, 3.8) is 0 Å². The molecule has 7 heteroatoms. The van der Waals surface area contributed by atoms with Crippen LogP contribution in [-0.2, 0) is 9.47 Å². The van der Waals surface area contributed by atoms with Crippen LogP contribution in [0.15, 0.2) is 24.3 Å². The summed E-state index contributed by atoms with van der Waals surface area (Å²) in [7, 11) is 1.34. The predicted molar refractivity (Wildman–Crippen MR) is 92.9 cm³/mol. The van der Waals surface area contributed by atoms with Gasteiger partial charge < -0.3 is 24.4 Å². The van der Waals surface area contributed by atoms with E-state index in [4.69, 9.17) is 14.2 Å². The quantitative estimate of drug-likeness (QED) is 0.838. The lowest BCUT2D eigenvalue weighted by atomic mass is 10.2. The number of nitrogens with zero attached hydrogens (tertiary/aromatic N) is 1. The van der Waals surface area contributed by atoms with Gasteiger partial charge >= 0.3 is 12.1 Å². The number of carbonyl (C=O) groups excluding carboxylic acids is 2. The fourth-order valence-electron chi connectivity index (χ4n) is 2.46. The molecule has 1 heterocycles. The second-order valence-corrected chi connectivity index (χ2v) is 6.91. The van der Waals surface area contributed by atoms with Crippen LogP contribution in [0.2, 0.25) is 0 Å². The van der Waals surface area contributed by atoms with E-state index < -0.39 is 11.6 Å². The van der Waals surface area contributed by atoms with E-state index in [0.29, 0.717) is 37.6 Å². The summed E-state index contributed by atoms with van der Waals surface area (Å²) in [6, 6.07) is 6.81. The van der Waals surface area contributed by atoms with Gasteiger partial charge in [-0.2, -0.15) is 0 Å². The maximum atomic E-state index is 12.2. The number of esters is 1. The normalized spacial score (nSPS) is 17.8. The van der Waals surface area contributed by atoms with E-state index in [1.807, 2.05) is 20.8 Å². The molecule has 0 spiro atoms. The Balaban J connectivity index is 1.88. The van der Waals surface area contributed by atoms with Crippen molar-refractivity contribution in [1.29, 1.82) is 0 Å². The number of amides is 1. The van der Waals surface area contributed by atoms with Crippen LogP contribution in [0.25, 0.3) is 0 Å². The summed E-state index contributed by atoms with van der Waals surface area (Å²) in [6.45, 7) is 7.71. The van der Waals surface area contributed by atoms with E-state index in [2.05, 4.69) is 5.32 Å². The van der Waals surface area contributed by atoms with Crippen molar-refractivity contribution in [3.8, 4) is 5.75 Å². The van der Waals surface area contributed by atoms with Crippen molar-refractivity contribution in [1.82, 2.24) is 10.2 Å². The third-order valence-electron chi connectivity index (χ3n) is 3.61. The van der Waals surface area contributed by atoms with E-state index in [0.717, 1.165) is 0 Å². The molecule has 1 N–H and O–H groups in total. The first-order chi connectivity index (χ1) is 11.8. The smallest absolute Gasteiger partial charge is 0.410 e. The summed E-state index contributed by atoms with van der Waals surface area (Å²) < 4.78 is 15.9. The highest BCUT2D eigenvalue weighted by atomic mass is 16.6. The maximum absolute atomic E-state index is 12.2. The van der Waals surface area contributed by atoms with E-state index in [-0.39, 0.29) is 12.1 Å². The number of rotatable bonds is 4. The number of nitrogens with one attached hydrogen (secondary N) is 1. The van der Waals surface area contributed by atoms with E-state index in [1.165, 1.54) is 7.11 Å². The molecule has 1 saturated heterocycles. The Morgan fingerprint density at radius 2 is 2.08 bits per heavy atom. The van der Waals surface area contributed by atoms with Gasteiger partial charge in [0.15, 0.2) is 0 Å². The van der Waals surface area contributed by atoms with E-state index >= 15 is 0 Å². The number of methoxy groups -OCH3 is 1. The standard InChI is InChI=1S/C18H26N2O5/c1-18(2,3)25-17(22)20-9-8-19-14(11-20)12-24-15-7-5-6-13(10-15)16(21)23-4/h5-7,10,14,19H,8-9,11-12H2,1-4H3. The fourth-order valence-corrected chi connectivity index (χ4v) is 2.46. The van der Waals surface area contributed by atoms with Crippen molar-refractivity contribution in [2.45, 2.75) is 32.4 Å². The van der Waals surface area contributed by atoms with Crippen molar-refractivity contribution in [2.24, 2.45) is 0 Å². The predicted octanol–water partition coefficient (Wildman–Crippen LogP) is 2.06. The molecule has 25 heavy (non-hydrogen) atoms. The summed E-state index contributed by atoms with van der Waals surface area (Å²) in [6.07, 6.45) is -0.313. The van der Waals surface area contributed by atoms with Gasteiger partial charge in [-0.05, 0) is 39.0 Å². The van der Waals surface area contributed by atoms with Crippen molar-refractivity contribution < 1.29 is 23.8 Å². The summed E-state index contributed by atoms with van der Waals surface area (Å²) in [5.41, 5.74) is -0.0746. The molecule has 1 aromatic rings. The molecule has 1 amide bonds. The molecule has 2 rings (SSSR count). The van der Waals surface area contributed by atoms with Crippen LogP contribution in [0.3, 0.4) is 0 Å². The van der Waals surface area contributed by atoms with Crippen LogP contribution in [0.5, 0.6) is 5.75 Å². The van der Waals surface area contributed by atoms with Gasteiger partial charge in [0.1, 0.15) is 18.0 Å². The van der Waals surface area contributed by atoms with Gasteiger partial charge in [0.25, 0.3) is 0 Å². The lowest BCUT2D eigenvalue weighted by Gasteiger charge is -2.34. The monoisotopic (exact) mass is 350 g/mol. The Kier molecular flexibility index (Phi) is 6.25. The highest BCUT2D eigenvalue weighted by molar-refractivity contribution is 5.89. The SMILES string of the molecule is COC(=O)c1cccc(OCC2CN(C(=O)OC(C)(C)C)CCN2)c1. The third kappa shape index (κ3) is 5.94. The third-order valence-corrected chi connectivity index (χ3v) is 3.61. The molecule has 1 aliphatic heterocycles. The summed E-state index contributed by atoms with van der Waals surface area (Å²) >= 11 is 0. The molecule has 1 fully saturated rings. The summed E-state index contributed by atoms with van der Waals surface area (Å²) in [5.74, 6) is 0.177. The van der Waals surface area contributed by atoms with E-state index in [9.17, 15) is 9.59 Å². The van der Waals surface area contributed by atoms with Gasteiger partial charge in [-0.15, -0.1) is 0 Å². The molecule has 0 radical (unpaired) electrons. The average molecular weight is 350 g/mol. The first-order valence-corrected chi connectivity index (χ1v) is 8.31. The maximum Gasteiger partial charge on any atom is 0.410 e. The lowest BCUT2D eigenvalue weighted by molar-refractivity contribution is 0.0178. The molecular formula is C18H26N2O5. The van der Waals surface area contributed by atoms with Crippen LogP contribution in [0.4, 0.5) is 4.79 Å². The highest BCUT2D eigenvalue weighted by Gasteiger charge is 2.27. The Labute approximate surface area is 148 Å². The Morgan fingerprint density at radius 1 is 1.32 bits per heavy atom. The van der Waals surface area contributed by atoms with Gasteiger partial charge in [-0.3, -0.25) is 0 Å².